The second kappa shape index (κ2) is 22.0. The van der Waals surface area contributed by atoms with Crippen molar-refractivity contribution in [1.29, 1.82) is 0 Å². The van der Waals surface area contributed by atoms with Crippen LogP contribution < -0.4 is 5.32 Å². The van der Waals surface area contributed by atoms with E-state index >= 15 is 0 Å². The molecule has 0 aromatic heterocycles. The van der Waals surface area contributed by atoms with Crippen molar-refractivity contribution in [1.82, 2.24) is 24.9 Å². The lowest BCUT2D eigenvalue weighted by Gasteiger charge is -2.26. The molecule has 11 nitrogen and oxygen atoms in total. The third-order valence-electron chi connectivity index (χ3n) is 5.66. The van der Waals surface area contributed by atoms with Crippen LogP contribution in [0.25, 0.3) is 0 Å². The van der Waals surface area contributed by atoms with Gasteiger partial charge in [-0.15, -0.1) is 32.1 Å². The van der Waals surface area contributed by atoms with Gasteiger partial charge in [0.15, 0.2) is 0 Å². The SMILES string of the molecule is C#CCNCCC(=O)N(CC#C)CCC(=O)N(CC#C)CCC(=O)N(CC#C)CCC(=O)N(CC#C)CCC(=O)O. The van der Waals surface area contributed by atoms with Gasteiger partial charge in [-0.05, 0) is 0 Å². The molecule has 0 spiro atoms. The Morgan fingerprint density at radius 3 is 1.12 bits per heavy atom. The second-order valence-electron chi connectivity index (χ2n) is 8.60. The first-order valence-electron chi connectivity index (χ1n) is 12.9. The highest BCUT2D eigenvalue weighted by molar-refractivity contribution is 5.82. The Morgan fingerprint density at radius 2 is 0.829 bits per heavy atom. The third kappa shape index (κ3) is 16.0. The minimum atomic E-state index is -1.07. The van der Waals surface area contributed by atoms with E-state index in [-0.39, 0.29) is 96.3 Å². The third-order valence-corrected chi connectivity index (χ3v) is 5.66. The normalized spacial score (nSPS) is 9.54. The molecular weight excluding hydrogens is 526 g/mol. The van der Waals surface area contributed by atoms with Crippen LogP contribution in [0.2, 0.25) is 0 Å². The largest absolute Gasteiger partial charge is 0.481 e. The summed E-state index contributed by atoms with van der Waals surface area (Å²) in [5.74, 6) is 9.40. The van der Waals surface area contributed by atoms with Crippen LogP contribution in [0.5, 0.6) is 0 Å². The summed E-state index contributed by atoms with van der Waals surface area (Å²) in [5.41, 5.74) is 0. The number of carboxylic acid groups (broad SMARTS) is 1. The van der Waals surface area contributed by atoms with E-state index in [0.29, 0.717) is 13.1 Å². The molecule has 0 unspecified atom stereocenters. The van der Waals surface area contributed by atoms with E-state index in [1.807, 2.05) is 0 Å². The van der Waals surface area contributed by atoms with Crippen molar-refractivity contribution in [3.8, 4) is 61.7 Å². The Balaban J connectivity index is 5.09. The summed E-state index contributed by atoms with van der Waals surface area (Å²) >= 11 is 0. The molecule has 0 bridgehead atoms. The van der Waals surface area contributed by atoms with Crippen LogP contribution >= 0.6 is 0 Å². The highest BCUT2D eigenvalue weighted by Gasteiger charge is 2.21. The molecule has 0 saturated carbocycles. The number of carbonyl (C=O) groups excluding carboxylic acids is 4. The van der Waals surface area contributed by atoms with Crippen molar-refractivity contribution in [3.63, 3.8) is 0 Å². The molecule has 0 saturated heterocycles. The molecule has 0 radical (unpaired) electrons. The first-order valence-corrected chi connectivity index (χ1v) is 12.9. The zero-order valence-electron chi connectivity index (χ0n) is 23.3. The van der Waals surface area contributed by atoms with Crippen LogP contribution in [0.1, 0.15) is 32.1 Å². The average Bonchev–Trinajstić information content (AvgIpc) is 2.94. The van der Waals surface area contributed by atoms with Crippen molar-refractivity contribution in [2.24, 2.45) is 0 Å². The van der Waals surface area contributed by atoms with Gasteiger partial charge >= 0.3 is 5.97 Å². The number of carboxylic acids is 1. The van der Waals surface area contributed by atoms with Crippen LogP contribution in [-0.4, -0.2) is 120 Å². The molecule has 0 heterocycles. The van der Waals surface area contributed by atoms with Gasteiger partial charge in [0.1, 0.15) is 0 Å². The fraction of sp³-hybridized carbons (Fsp3) is 0.500. The monoisotopic (exact) mass is 563 g/mol. The maximum atomic E-state index is 12.9. The number of nitrogens with one attached hydrogen (secondary N) is 1. The Labute approximate surface area is 243 Å². The molecule has 0 atom stereocenters. The zero-order valence-corrected chi connectivity index (χ0v) is 23.3. The predicted molar refractivity (Wildman–Crippen MR) is 154 cm³/mol. The van der Waals surface area contributed by atoms with E-state index in [0.717, 1.165) is 0 Å². The molecule has 0 fully saturated rings. The Morgan fingerprint density at radius 1 is 0.512 bits per heavy atom. The van der Waals surface area contributed by atoms with E-state index in [2.05, 4.69) is 34.9 Å². The molecule has 2 N–H and O–H groups in total. The molecule has 0 aliphatic rings. The quantitative estimate of drug-likeness (QED) is 0.145. The standard InChI is InChI=1S/C30H37N5O6/c1-6-16-31-17-11-26(36)32(18-7-2)22-12-27(37)33(19-8-3)23-13-28(38)34(20-9-4)24-14-29(39)35(21-10-5)25-15-30(40)41/h1-5,31H,11-25H2,(H,40,41). The van der Waals surface area contributed by atoms with Crippen molar-refractivity contribution < 1.29 is 29.1 Å². The van der Waals surface area contributed by atoms with Gasteiger partial charge in [0.25, 0.3) is 0 Å². The average molecular weight is 564 g/mol. The van der Waals surface area contributed by atoms with Crippen molar-refractivity contribution in [2.45, 2.75) is 32.1 Å². The Kier molecular flexibility index (Phi) is 19.4. The molecule has 0 aromatic rings. The topological polar surface area (TPSA) is 131 Å². The number of nitrogens with zero attached hydrogens (tertiary/aromatic N) is 4. The van der Waals surface area contributed by atoms with E-state index in [1.165, 1.54) is 19.6 Å². The number of hydrogen-bond donors (Lipinski definition) is 2. The van der Waals surface area contributed by atoms with Crippen molar-refractivity contribution >= 4 is 29.6 Å². The molecule has 4 amide bonds. The molecule has 218 valence electrons. The summed E-state index contributed by atoms with van der Waals surface area (Å²) in [6.07, 6.45) is 26.3. The van der Waals surface area contributed by atoms with Gasteiger partial charge in [0, 0.05) is 58.4 Å². The fourth-order valence-corrected chi connectivity index (χ4v) is 3.52. The van der Waals surface area contributed by atoms with Gasteiger partial charge < -0.3 is 30.0 Å². The fourth-order valence-electron chi connectivity index (χ4n) is 3.52. The van der Waals surface area contributed by atoms with Crippen LogP contribution in [0, 0.1) is 61.7 Å². The summed E-state index contributed by atoms with van der Waals surface area (Å²) in [7, 11) is 0. The smallest absolute Gasteiger partial charge is 0.305 e. The lowest BCUT2D eigenvalue weighted by atomic mass is 10.2. The predicted octanol–water partition coefficient (Wildman–Crippen LogP) is -0.908. The minimum absolute atomic E-state index is 0.00217. The van der Waals surface area contributed by atoms with Crippen molar-refractivity contribution in [2.75, 3.05) is 65.4 Å². The number of hydrogen-bond acceptors (Lipinski definition) is 6. The number of aliphatic carboxylic acids is 1. The summed E-state index contributed by atoms with van der Waals surface area (Å²) < 4.78 is 0. The molecule has 11 heteroatoms. The van der Waals surface area contributed by atoms with Gasteiger partial charge in [-0.25, -0.2) is 0 Å². The number of amides is 4. The van der Waals surface area contributed by atoms with Crippen molar-refractivity contribution in [3.05, 3.63) is 0 Å². The molecule has 41 heavy (non-hydrogen) atoms. The Hall–Kier alpha value is -4.89. The summed E-state index contributed by atoms with van der Waals surface area (Å²) in [6.45, 7) is 0.541. The van der Waals surface area contributed by atoms with Crippen LogP contribution in [0.3, 0.4) is 0 Å². The molecule has 0 rings (SSSR count). The maximum Gasteiger partial charge on any atom is 0.305 e. The van der Waals surface area contributed by atoms with Gasteiger partial charge in [-0.2, -0.15) is 0 Å². The van der Waals surface area contributed by atoms with E-state index < -0.39 is 17.8 Å². The van der Waals surface area contributed by atoms with Gasteiger partial charge in [-0.1, -0.05) is 29.6 Å². The zero-order chi connectivity index (χ0) is 31.0. The number of carbonyl (C=O) groups is 5. The van der Waals surface area contributed by atoms with Crippen LogP contribution in [0.4, 0.5) is 0 Å². The van der Waals surface area contributed by atoms with Gasteiger partial charge in [0.2, 0.25) is 23.6 Å². The lowest BCUT2D eigenvalue weighted by molar-refractivity contribution is -0.138. The second-order valence-corrected chi connectivity index (χ2v) is 8.60. The summed E-state index contributed by atoms with van der Waals surface area (Å²) in [6, 6.07) is 0. The van der Waals surface area contributed by atoms with Crippen LogP contribution in [0.15, 0.2) is 0 Å². The first-order chi connectivity index (χ1) is 19.6. The number of terminal acetylenes is 5. The number of rotatable bonds is 20. The summed E-state index contributed by atoms with van der Waals surface area (Å²) in [4.78, 5) is 66.9. The first kappa shape index (κ1) is 36.1. The molecular formula is C30H37N5O6. The van der Waals surface area contributed by atoms with Gasteiger partial charge in [0.05, 0.1) is 39.1 Å². The maximum absolute atomic E-state index is 12.9. The summed E-state index contributed by atoms with van der Waals surface area (Å²) in [5, 5.41) is 11.8. The van der Waals surface area contributed by atoms with E-state index in [4.69, 9.17) is 37.2 Å². The Bertz CT molecular complexity index is 1110. The molecule has 0 aromatic carbocycles. The molecule has 0 aliphatic heterocycles. The van der Waals surface area contributed by atoms with E-state index in [1.54, 1.807) is 0 Å². The van der Waals surface area contributed by atoms with Gasteiger partial charge in [-0.3, -0.25) is 24.0 Å². The lowest BCUT2D eigenvalue weighted by Crippen LogP contribution is -2.41. The van der Waals surface area contributed by atoms with Crippen LogP contribution in [-0.2, 0) is 24.0 Å². The van der Waals surface area contributed by atoms with E-state index in [9.17, 15) is 24.0 Å². The molecule has 0 aliphatic carbocycles. The highest BCUT2D eigenvalue weighted by Crippen LogP contribution is 2.05. The highest BCUT2D eigenvalue weighted by atomic mass is 16.4. The minimum Gasteiger partial charge on any atom is -0.481 e.